The fourth-order valence-electron chi connectivity index (χ4n) is 2.01. The Labute approximate surface area is 83.6 Å². The van der Waals surface area contributed by atoms with E-state index in [2.05, 4.69) is 16.6 Å². The largest absolute Gasteiger partial charge is 0.298 e. The minimum absolute atomic E-state index is 0.0610. The van der Waals surface area contributed by atoms with Gasteiger partial charge < -0.3 is 0 Å². The zero-order chi connectivity index (χ0) is 10.4. The minimum atomic E-state index is -0.0693. The Kier molecular flexibility index (Phi) is 4.20. The third kappa shape index (κ3) is 2.60. The monoisotopic (exact) mass is 193 g/mol. The van der Waals surface area contributed by atoms with E-state index in [-0.39, 0.29) is 12.0 Å². The summed E-state index contributed by atoms with van der Waals surface area (Å²) in [5.74, 6) is 0.0610. The van der Waals surface area contributed by atoms with Gasteiger partial charge >= 0.3 is 0 Å². The molecule has 0 unspecified atom stereocenters. The van der Waals surface area contributed by atoms with Crippen molar-refractivity contribution in [2.24, 2.45) is 11.0 Å². The Hall–Kier alpha value is -1.28. The Balaban J connectivity index is 2.77. The van der Waals surface area contributed by atoms with E-state index in [1.54, 1.807) is 0 Å². The number of carbonyl (C=O) groups excluding carboxylic acids is 1. The first-order chi connectivity index (χ1) is 6.79. The van der Waals surface area contributed by atoms with Gasteiger partial charge in [0.15, 0.2) is 0 Å². The van der Waals surface area contributed by atoms with Crippen molar-refractivity contribution in [3.05, 3.63) is 22.6 Å². The highest BCUT2D eigenvalue weighted by atomic mass is 16.1. The van der Waals surface area contributed by atoms with Crippen molar-refractivity contribution in [2.45, 2.75) is 38.1 Å². The summed E-state index contributed by atoms with van der Waals surface area (Å²) in [5, 5.41) is 3.75. The standard InChI is InChI=1S/C10H15N3O/c1-8(7-14)9-5-3-2-4-6-10(9)12-13-11/h7,9-10H,1-6H2/t9-,10+/m0/s1. The van der Waals surface area contributed by atoms with Gasteiger partial charge in [0, 0.05) is 11.0 Å². The third-order valence-electron chi connectivity index (χ3n) is 2.81. The molecule has 1 aliphatic rings. The van der Waals surface area contributed by atoms with Crippen LogP contribution in [0.4, 0.5) is 0 Å². The maximum atomic E-state index is 10.6. The predicted molar refractivity (Wildman–Crippen MR) is 54.7 cm³/mol. The van der Waals surface area contributed by atoms with Crippen LogP contribution in [0, 0.1) is 5.92 Å². The van der Waals surface area contributed by atoms with Crippen LogP contribution < -0.4 is 0 Å². The second kappa shape index (κ2) is 5.45. The van der Waals surface area contributed by atoms with E-state index in [0.717, 1.165) is 38.4 Å². The zero-order valence-corrected chi connectivity index (χ0v) is 8.22. The maximum Gasteiger partial charge on any atom is 0.145 e. The summed E-state index contributed by atoms with van der Waals surface area (Å²) in [6.07, 6.45) is 5.90. The molecule has 0 aromatic carbocycles. The fraction of sp³-hybridized carbons (Fsp3) is 0.700. The molecule has 1 rings (SSSR count). The first kappa shape index (κ1) is 10.8. The number of hydrogen-bond donors (Lipinski definition) is 0. The first-order valence-electron chi connectivity index (χ1n) is 4.97. The molecule has 1 aliphatic carbocycles. The molecule has 0 aliphatic heterocycles. The van der Waals surface area contributed by atoms with Crippen LogP contribution in [0.5, 0.6) is 0 Å². The summed E-state index contributed by atoms with van der Waals surface area (Å²) in [4.78, 5) is 13.5. The van der Waals surface area contributed by atoms with Crippen LogP contribution in [0.2, 0.25) is 0 Å². The van der Waals surface area contributed by atoms with Gasteiger partial charge in [-0.1, -0.05) is 31.0 Å². The van der Waals surface area contributed by atoms with Crippen molar-refractivity contribution in [1.82, 2.24) is 0 Å². The number of rotatable bonds is 3. The summed E-state index contributed by atoms with van der Waals surface area (Å²) in [7, 11) is 0. The van der Waals surface area contributed by atoms with Crippen LogP contribution in [0.1, 0.15) is 32.1 Å². The Bertz CT molecular complexity index is 269. The summed E-state index contributed by atoms with van der Waals surface area (Å²) >= 11 is 0. The quantitative estimate of drug-likeness (QED) is 0.170. The molecule has 0 radical (unpaired) electrons. The third-order valence-corrected chi connectivity index (χ3v) is 2.81. The van der Waals surface area contributed by atoms with Crippen LogP contribution in [-0.2, 0) is 4.79 Å². The second-order valence-electron chi connectivity index (χ2n) is 3.71. The van der Waals surface area contributed by atoms with Gasteiger partial charge in [0.2, 0.25) is 0 Å². The van der Waals surface area contributed by atoms with Gasteiger partial charge in [0.05, 0.1) is 0 Å². The van der Waals surface area contributed by atoms with Crippen molar-refractivity contribution in [3.63, 3.8) is 0 Å². The molecule has 1 saturated carbocycles. The molecule has 0 spiro atoms. The van der Waals surface area contributed by atoms with Crippen LogP contribution in [-0.4, -0.2) is 12.3 Å². The summed E-state index contributed by atoms with van der Waals surface area (Å²) in [5.41, 5.74) is 9.00. The molecule has 0 aromatic rings. The lowest BCUT2D eigenvalue weighted by Crippen LogP contribution is -2.19. The van der Waals surface area contributed by atoms with Crippen LogP contribution >= 0.6 is 0 Å². The lowest BCUT2D eigenvalue weighted by Gasteiger charge is -2.19. The topological polar surface area (TPSA) is 65.8 Å². The molecule has 1 fully saturated rings. The maximum absolute atomic E-state index is 10.6. The lowest BCUT2D eigenvalue weighted by atomic mass is 9.89. The van der Waals surface area contributed by atoms with Gasteiger partial charge in [0.25, 0.3) is 0 Å². The molecule has 4 heteroatoms. The highest BCUT2D eigenvalue weighted by molar-refractivity contribution is 5.73. The molecule has 14 heavy (non-hydrogen) atoms. The van der Waals surface area contributed by atoms with Crippen molar-refractivity contribution < 1.29 is 4.79 Å². The summed E-state index contributed by atoms with van der Waals surface area (Å²) in [6.45, 7) is 3.72. The summed E-state index contributed by atoms with van der Waals surface area (Å²) in [6, 6.07) is -0.0693. The highest BCUT2D eigenvalue weighted by Crippen LogP contribution is 2.29. The lowest BCUT2D eigenvalue weighted by molar-refractivity contribution is -0.105. The predicted octanol–water partition coefficient (Wildman–Crippen LogP) is 3.00. The van der Waals surface area contributed by atoms with Crippen molar-refractivity contribution in [3.8, 4) is 0 Å². The average Bonchev–Trinajstić information content (AvgIpc) is 2.43. The van der Waals surface area contributed by atoms with Gasteiger partial charge in [-0.05, 0) is 29.9 Å². The molecule has 2 atom stereocenters. The van der Waals surface area contributed by atoms with E-state index in [0.29, 0.717) is 5.57 Å². The number of hydrogen-bond acceptors (Lipinski definition) is 2. The number of carbonyl (C=O) groups is 1. The van der Waals surface area contributed by atoms with E-state index in [9.17, 15) is 4.79 Å². The summed E-state index contributed by atoms with van der Waals surface area (Å²) < 4.78 is 0. The molecular formula is C10H15N3O. The van der Waals surface area contributed by atoms with Crippen LogP contribution in [0.3, 0.4) is 0 Å². The normalized spacial score (nSPS) is 27.1. The van der Waals surface area contributed by atoms with Crippen LogP contribution in [0.15, 0.2) is 17.3 Å². The van der Waals surface area contributed by atoms with E-state index >= 15 is 0 Å². The molecule has 0 N–H and O–H groups in total. The highest BCUT2D eigenvalue weighted by Gasteiger charge is 2.24. The van der Waals surface area contributed by atoms with Crippen molar-refractivity contribution >= 4 is 6.29 Å². The molecular weight excluding hydrogens is 178 g/mol. The number of azide groups is 1. The minimum Gasteiger partial charge on any atom is -0.298 e. The SMILES string of the molecule is C=C(C=O)[C@@H]1CCCCC[C@H]1N=[N+]=[N-]. The molecule has 0 heterocycles. The zero-order valence-electron chi connectivity index (χ0n) is 8.22. The molecule has 0 amide bonds. The van der Waals surface area contributed by atoms with E-state index in [1.165, 1.54) is 0 Å². The Morgan fingerprint density at radius 2 is 2.14 bits per heavy atom. The van der Waals surface area contributed by atoms with E-state index < -0.39 is 0 Å². The first-order valence-corrected chi connectivity index (χ1v) is 4.97. The van der Waals surface area contributed by atoms with E-state index in [1.807, 2.05) is 0 Å². The van der Waals surface area contributed by atoms with Gasteiger partial charge in [-0.25, -0.2) is 0 Å². The number of aldehydes is 1. The van der Waals surface area contributed by atoms with Gasteiger partial charge in [0.1, 0.15) is 6.29 Å². The van der Waals surface area contributed by atoms with Crippen LogP contribution in [0.25, 0.3) is 10.4 Å². The molecule has 0 bridgehead atoms. The second-order valence-corrected chi connectivity index (χ2v) is 3.71. The Morgan fingerprint density at radius 1 is 1.43 bits per heavy atom. The molecule has 0 saturated heterocycles. The van der Waals surface area contributed by atoms with Crippen molar-refractivity contribution in [2.75, 3.05) is 0 Å². The van der Waals surface area contributed by atoms with Crippen molar-refractivity contribution in [1.29, 1.82) is 0 Å². The fourth-order valence-corrected chi connectivity index (χ4v) is 2.01. The van der Waals surface area contributed by atoms with E-state index in [4.69, 9.17) is 5.53 Å². The van der Waals surface area contributed by atoms with Gasteiger partial charge in [-0.2, -0.15) is 0 Å². The van der Waals surface area contributed by atoms with Gasteiger partial charge in [-0.15, -0.1) is 0 Å². The number of nitrogens with zero attached hydrogens (tertiary/aromatic N) is 3. The molecule has 0 aromatic heterocycles. The molecule has 4 nitrogen and oxygen atoms in total. The molecule has 76 valence electrons. The van der Waals surface area contributed by atoms with Gasteiger partial charge in [-0.3, -0.25) is 4.79 Å². The smallest absolute Gasteiger partial charge is 0.145 e. The average molecular weight is 193 g/mol. The Morgan fingerprint density at radius 3 is 2.79 bits per heavy atom.